The summed E-state index contributed by atoms with van der Waals surface area (Å²) in [4.78, 5) is 2.94. The van der Waals surface area contributed by atoms with Crippen molar-refractivity contribution in [3.8, 4) is 0 Å². The molecule has 0 aromatic heterocycles. The third-order valence-corrected chi connectivity index (χ3v) is 3.93. The first-order valence-electron chi connectivity index (χ1n) is 6.92. The monoisotopic (exact) mass is 310 g/mol. The second kappa shape index (κ2) is 5.51. The number of anilines is 2. The Morgan fingerprint density at radius 1 is 0.727 bits per heavy atom. The molecule has 1 aliphatic heterocycles. The van der Waals surface area contributed by atoms with Gasteiger partial charge in [-0.25, -0.2) is 17.6 Å². The Labute approximate surface area is 125 Å². The first-order valence-corrected chi connectivity index (χ1v) is 6.92. The van der Waals surface area contributed by atoms with Crippen LogP contribution in [-0.4, -0.2) is 19.3 Å². The lowest BCUT2D eigenvalue weighted by molar-refractivity contribution is 0.555. The summed E-state index contributed by atoms with van der Waals surface area (Å²) in [5.74, 6) is -2.77. The van der Waals surface area contributed by atoms with Crippen LogP contribution in [0.2, 0.25) is 0 Å². The lowest BCUT2D eigenvalue weighted by Crippen LogP contribution is -2.38. The minimum absolute atomic E-state index is 0.172. The highest BCUT2D eigenvalue weighted by atomic mass is 19.1. The first kappa shape index (κ1) is 14.7. The summed E-state index contributed by atoms with van der Waals surface area (Å²) in [7, 11) is 0. The molecule has 2 aromatic rings. The highest BCUT2D eigenvalue weighted by molar-refractivity contribution is 5.58. The van der Waals surface area contributed by atoms with Crippen LogP contribution in [0.1, 0.15) is 6.92 Å². The van der Waals surface area contributed by atoms with Gasteiger partial charge in [0.15, 0.2) is 0 Å². The van der Waals surface area contributed by atoms with Crippen LogP contribution in [-0.2, 0) is 0 Å². The van der Waals surface area contributed by atoms with E-state index in [-0.39, 0.29) is 24.5 Å². The van der Waals surface area contributed by atoms with Crippen molar-refractivity contribution in [3.63, 3.8) is 0 Å². The summed E-state index contributed by atoms with van der Waals surface area (Å²) in [6.45, 7) is 2.20. The molecule has 1 heterocycles. The summed E-state index contributed by atoms with van der Waals surface area (Å²) in [5, 5.41) is 0. The maximum absolute atomic E-state index is 13.9. The summed E-state index contributed by atoms with van der Waals surface area (Å²) in [5.41, 5.74) is -0.344. The molecule has 2 aromatic carbocycles. The van der Waals surface area contributed by atoms with E-state index in [1.54, 1.807) is 6.92 Å². The summed E-state index contributed by atoms with van der Waals surface area (Å²) in [6, 6.07) is 7.22. The summed E-state index contributed by atoms with van der Waals surface area (Å²) < 4.78 is 55.7. The van der Waals surface area contributed by atoms with E-state index < -0.39 is 29.4 Å². The van der Waals surface area contributed by atoms with Gasteiger partial charge < -0.3 is 9.80 Å². The molecule has 0 radical (unpaired) electrons. The number of para-hydroxylation sites is 2. The molecule has 3 rings (SSSR count). The Hall–Kier alpha value is -2.24. The van der Waals surface area contributed by atoms with Gasteiger partial charge in [0.2, 0.25) is 0 Å². The third kappa shape index (κ3) is 2.28. The lowest BCUT2D eigenvalue weighted by Gasteiger charge is -2.30. The van der Waals surface area contributed by atoms with Crippen molar-refractivity contribution < 1.29 is 17.6 Å². The van der Waals surface area contributed by atoms with Crippen molar-refractivity contribution >= 4 is 11.4 Å². The van der Waals surface area contributed by atoms with Crippen LogP contribution in [0, 0.1) is 23.3 Å². The number of benzene rings is 2. The molecule has 1 saturated heterocycles. The van der Waals surface area contributed by atoms with Gasteiger partial charge in [0.05, 0.1) is 6.17 Å². The fourth-order valence-electron chi connectivity index (χ4n) is 2.88. The Kier molecular flexibility index (Phi) is 3.68. The molecule has 6 heteroatoms. The molecule has 0 N–H and O–H groups in total. The average Bonchev–Trinajstić information content (AvgIpc) is 2.81. The molecule has 0 bridgehead atoms. The van der Waals surface area contributed by atoms with Crippen molar-refractivity contribution in [2.45, 2.75) is 13.1 Å². The van der Waals surface area contributed by atoms with Crippen molar-refractivity contribution in [2.75, 3.05) is 22.9 Å². The van der Waals surface area contributed by atoms with E-state index in [4.69, 9.17) is 0 Å². The molecule has 0 amide bonds. The van der Waals surface area contributed by atoms with Gasteiger partial charge in [-0.1, -0.05) is 12.1 Å². The van der Waals surface area contributed by atoms with Crippen LogP contribution in [0.4, 0.5) is 28.9 Å². The van der Waals surface area contributed by atoms with E-state index >= 15 is 0 Å². The minimum Gasteiger partial charge on any atom is -0.345 e. The molecular formula is C16H14F4N2. The Bertz CT molecular complexity index is 605. The summed E-state index contributed by atoms with van der Waals surface area (Å²) >= 11 is 0. The van der Waals surface area contributed by atoms with Crippen LogP contribution in [0.3, 0.4) is 0 Å². The van der Waals surface area contributed by atoms with Gasteiger partial charge in [-0.15, -0.1) is 0 Å². The molecule has 2 nitrogen and oxygen atoms in total. The Morgan fingerprint density at radius 2 is 1.05 bits per heavy atom. The van der Waals surface area contributed by atoms with E-state index in [0.717, 1.165) is 24.3 Å². The molecular weight excluding hydrogens is 296 g/mol. The zero-order valence-corrected chi connectivity index (χ0v) is 11.9. The van der Waals surface area contributed by atoms with Crippen LogP contribution < -0.4 is 9.80 Å². The normalized spacial score (nSPS) is 15.7. The van der Waals surface area contributed by atoms with Crippen LogP contribution >= 0.6 is 0 Å². The largest absolute Gasteiger partial charge is 0.345 e. The number of hydrogen-bond donors (Lipinski definition) is 0. The standard InChI is InChI=1S/C16H14F4N2/c1-10-21(15-11(17)4-2-5-12(15)18)8-9-22(10)16-13(19)6-3-7-14(16)20/h2-7,10H,8-9H2,1H3. The van der Waals surface area contributed by atoms with E-state index in [2.05, 4.69) is 0 Å². The first-order chi connectivity index (χ1) is 10.5. The molecule has 116 valence electrons. The maximum Gasteiger partial charge on any atom is 0.149 e. The van der Waals surface area contributed by atoms with Gasteiger partial charge in [0.1, 0.15) is 34.6 Å². The average molecular weight is 310 g/mol. The maximum atomic E-state index is 13.9. The molecule has 0 spiro atoms. The lowest BCUT2D eigenvalue weighted by atomic mass is 10.2. The number of nitrogens with zero attached hydrogens (tertiary/aromatic N) is 2. The Balaban J connectivity index is 1.98. The number of rotatable bonds is 2. The van der Waals surface area contributed by atoms with E-state index in [1.807, 2.05) is 0 Å². The molecule has 0 aliphatic carbocycles. The van der Waals surface area contributed by atoms with Gasteiger partial charge in [-0.3, -0.25) is 0 Å². The van der Waals surface area contributed by atoms with Crippen LogP contribution in [0.15, 0.2) is 36.4 Å². The second-order valence-corrected chi connectivity index (χ2v) is 5.16. The molecule has 1 fully saturated rings. The van der Waals surface area contributed by atoms with E-state index in [0.29, 0.717) is 0 Å². The highest BCUT2D eigenvalue weighted by Crippen LogP contribution is 2.33. The third-order valence-electron chi connectivity index (χ3n) is 3.93. The van der Waals surface area contributed by atoms with Gasteiger partial charge in [-0.2, -0.15) is 0 Å². The highest BCUT2D eigenvalue weighted by Gasteiger charge is 2.34. The van der Waals surface area contributed by atoms with Crippen molar-refractivity contribution in [1.82, 2.24) is 0 Å². The Morgan fingerprint density at radius 3 is 1.36 bits per heavy atom. The molecule has 22 heavy (non-hydrogen) atoms. The quantitative estimate of drug-likeness (QED) is 0.776. The van der Waals surface area contributed by atoms with Crippen molar-refractivity contribution in [3.05, 3.63) is 59.7 Å². The fourth-order valence-corrected chi connectivity index (χ4v) is 2.88. The SMILES string of the molecule is CC1N(c2c(F)cccc2F)CCN1c1c(F)cccc1F. The van der Waals surface area contributed by atoms with Gasteiger partial charge in [0, 0.05) is 13.1 Å². The van der Waals surface area contributed by atoms with Crippen LogP contribution in [0.25, 0.3) is 0 Å². The predicted molar refractivity (Wildman–Crippen MR) is 76.9 cm³/mol. The second-order valence-electron chi connectivity index (χ2n) is 5.16. The smallest absolute Gasteiger partial charge is 0.149 e. The minimum atomic E-state index is -0.692. The number of halogens is 4. The van der Waals surface area contributed by atoms with E-state index in [9.17, 15) is 17.6 Å². The summed E-state index contributed by atoms with van der Waals surface area (Å²) in [6.07, 6.45) is -0.571. The van der Waals surface area contributed by atoms with Crippen molar-refractivity contribution in [2.24, 2.45) is 0 Å². The molecule has 0 unspecified atom stereocenters. The van der Waals surface area contributed by atoms with Gasteiger partial charge in [-0.05, 0) is 31.2 Å². The van der Waals surface area contributed by atoms with Gasteiger partial charge in [0.25, 0.3) is 0 Å². The number of hydrogen-bond acceptors (Lipinski definition) is 2. The zero-order valence-electron chi connectivity index (χ0n) is 11.9. The van der Waals surface area contributed by atoms with Crippen molar-refractivity contribution in [1.29, 1.82) is 0 Å². The van der Waals surface area contributed by atoms with Crippen LogP contribution in [0.5, 0.6) is 0 Å². The van der Waals surface area contributed by atoms with Gasteiger partial charge >= 0.3 is 0 Å². The molecule has 0 atom stereocenters. The van der Waals surface area contributed by atoms with E-state index in [1.165, 1.54) is 21.9 Å². The zero-order chi connectivity index (χ0) is 15.9. The fraction of sp³-hybridized carbons (Fsp3) is 0.250. The topological polar surface area (TPSA) is 6.48 Å². The molecule has 0 saturated carbocycles. The molecule has 1 aliphatic rings. The predicted octanol–water partition coefficient (Wildman–Crippen LogP) is 3.92.